The molecule has 2 aliphatic heterocycles. The normalized spacial score (nSPS) is 19.2. The van der Waals surface area contributed by atoms with Crippen molar-refractivity contribution in [1.29, 1.82) is 0 Å². The Kier molecular flexibility index (Phi) is 4.97. The van der Waals surface area contributed by atoms with Gasteiger partial charge in [0.15, 0.2) is 11.5 Å². The van der Waals surface area contributed by atoms with E-state index in [1.54, 1.807) is 0 Å². The van der Waals surface area contributed by atoms with Crippen molar-refractivity contribution in [1.82, 2.24) is 10.2 Å². The van der Waals surface area contributed by atoms with Gasteiger partial charge in [0.05, 0.1) is 19.3 Å². The van der Waals surface area contributed by atoms with Crippen molar-refractivity contribution < 1.29 is 14.3 Å². The van der Waals surface area contributed by atoms with E-state index >= 15 is 0 Å². The lowest BCUT2D eigenvalue weighted by Gasteiger charge is -2.28. The minimum Gasteiger partial charge on any atom is -0.490 e. The molecule has 22 heavy (non-hydrogen) atoms. The lowest BCUT2D eigenvalue weighted by Crippen LogP contribution is -2.45. The van der Waals surface area contributed by atoms with Crippen molar-refractivity contribution in [2.75, 3.05) is 37.8 Å². The van der Waals surface area contributed by atoms with E-state index in [1.165, 1.54) is 0 Å². The van der Waals surface area contributed by atoms with E-state index in [2.05, 4.69) is 5.32 Å². The number of amides is 2. The first kappa shape index (κ1) is 15.3. The molecule has 0 spiro atoms. The Morgan fingerprint density at radius 1 is 1.23 bits per heavy atom. The number of fused-ring (bicyclic) bond motifs is 1. The summed E-state index contributed by atoms with van der Waals surface area (Å²) in [5, 5.41) is 3.07. The van der Waals surface area contributed by atoms with Gasteiger partial charge in [-0.15, -0.1) is 0 Å². The molecular formula is C16H22N2O3S. The molecule has 1 atom stereocenters. The van der Waals surface area contributed by atoms with Crippen LogP contribution in [-0.2, 0) is 0 Å². The number of carbonyl (C=O) groups excluding carboxylic acids is 1. The van der Waals surface area contributed by atoms with Crippen LogP contribution in [0, 0.1) is 0 Å². The summed E-state index contributed by atoms with van der Waals surface area (Å²) in [5.41, 5.74) is 1.03. The Morgan fingerprint density at radius 2 is 1.95 bits per heavy atom. The summed E-state index contributed by atoms with van der Waals surface area (Å²) in [7, 11) is 0. The minimum atomic E-state index is -0.0563. The Hall–Kier alpha value is -1.56. The molecule has 1 aromatic carbocycles. The van der Waals surface area contributed by atoms with Crippen molar-refractivity contribution >= 4 is 17.8 Å². The van der Waals surface area contributed by atoms with Crippen LogP contribution < -0.4 is 14.8 Å². The van der Waals surface area contributed by atoms with E-state index in [0.29, 0.717) is 13.2 Å². The molecule has 2 aliphatic rings. The van der Waals surface area contributed by atoms with Gasteiger partial charge in [-0.2, -0.15) is 11.8 Å². The zero-order valence-electron chi connectivity index (χ0n) is 12.8. The highest BCUT2D eigenvalue weighted by atomic mass is 32.2. The van der Waals surface area contributed by atoms with Crippen LogP contribution >= 0.6 is 11.8 Å². The standard InChI is InChI=1S/C16H22N2O3S/c1-12(17-16(19)18-5-9-22-10-6-18)13-3-4-14-15(11-13)21-8-2-7-20-14/h3-4,11-12H,2,5-10H2,1H3,(H,17,19)/t12-/m1/s1. The highest BCUT2D eigenvalue weighted by Gasteiger charge is 2.20. The fourth-order valence-corrected chi connectivity index (χ4v) is 3.48. The van der Waals surface area contributed by atoms with Crippen LogP contribution in [0.25, 0.3) is 0 Å². The fourth-order valence-electron chi connectivity index (χ4n) is 2.58. The van der Waals surface area contributed by atoms with E-state index < -0.39 is 0 Å². The molecule has 1 N–H and O–H groups in total. The smallest absolute Gasteiger partial charge is 0.317 e. The number of carbonyl (C=O) groups is 1. The molecule has 0 unspecified atom stereocenters. The van der Waals surface area contributed by atoms with Gasteiger partial charge < -0.3 is 19.7 Å². The van der Waals surface area contributed by atoms with Crippen molar-refractivity contribution in [2.45, 2.75) is 19.4 Å². The topological polar surface area (TPSA) is 50.8 Å². The average molecular weight is 322 g/mol. The monoisotopic (exact) mass is 322 g/mol. The average Bonchev–Trinajstić information content (AvgIpc) is 2.80. The van der Waals surface area contributed by atoms with E-state index in [0.717, 1.165) is 48.1 Å². The highest BCUT2D eigenvalue weighted by Crippen LogP contribution is 2.32. The quantitative estimate of drug-likeness (QED) is 0.909. The molecule has 6 heteroatoms. The molecule has 2 amide bonds. The molecule has 1 saturated heterocycles. The first-order valence-electron chi connectivity index (χ1n) is 7.77. The maximum absolute atomic E-state index is 12.3. The molecule has 1 aromatic rings. The number of hydrogen-bond donors (Lipinski definition) is 1. The Labute approximate surface area is 135 Å². The second-order valence-corrected chi connectivity index (χ2v) is 6.75. The van der Waals surface area contributed by atoms with Gasteiger partial charge in [0.2, 0.25) is 0 Å². The second kappa shape index (κ2) is 7.13. The summed E-state index contributed by atoms with van der Waals surface area (Å²) in [6.45, 7) is 5.00. The van der Waals surface area contributed by atoms with E-state index in [9.17, 15) is 4.79 Å². The number of rotatable bonds is 2. The van der Waals surface area contributed by atoms with Gasteiger partial charge in [-0.1, -0.05) is 6.07 Å². The van der Waals surface area contributed by atoms with Crippen LogP contribution in [0.2, 0.25) is 0 Å². The highest BCUT2D eigenvalue weighted by molar-refractivity contribution is 7.99. The molecule has 3 rings (SSSR count). The van der Waals surface area contributed by atoms with Crippen molar-refractivity contribution in [2.24, 2.45) is 0 Å². The third-order valence-corrected chi connectivity index (χ3v) is 4.85. The number of thioether (sulfide) groups is 1. The van der Waals surface area contributed by atoms with Crippen molar-refractivity contribution in [3.63, 3.8) is 0 Å². The van der Waals surface area contributed by atoms with Gasteiger partial charge >= 0.3 is 6.03 Å². The number of nitrogens with one attached hydrogen (secondary N) is 1. The molecule has 5 nitrogen and oxygen atoms in total. The molecule has 0 saturated carbocycles. The third-order valence-electron chi connectivity index (χ3n) is 3.91. The van der Waals surface area contributed by atoms with Crippen LogP contribution in [0.1, 0.15) is 24.9 Å². The zero-order chi connectivity index (χ0) is 15.4. The number of ether oxygens (including phenoxy) is 2. The van der Waals surface area contributed by atoms with Gasteiger partial charge in [-0.3, -0.25) is 0 Å². The lowest BCUT2D eigenvalue weighted by atomic mass is 10.1. The first-order valence-corrected chi connectivity index (χ1v) is 8.92. The molecule has 0 bridgehead atoms. The fraction of sp³-hybridized carbons (Fsp3) is 0.562. The Balaban J connectivity index is 1.65. The SMILES string of the molecule is C[C@@H](NC(=O)N1CCSCC1)c1ccc2c(c1)OCCCO2. The van der Waals surface area contributed by atoms with Crippen molar-refractivity contribution in [3.05, 3.63) is 23.8 Å². The summed E-state index contributed by atoms with van der Waals surface area (Å²) in [6, 6.07) is 5.84. The molecule has 0 radical (unpaired) electrons. The van der Waals surface area contributed by atoms with Gasteiger partial charge in [0, 0.05) is 31.0 Å². The summed E-state index contributed by atoms with van der Waals surface area (Å²) in [4.78, 5) is 14.2. The third kappa shape index (κ3) is 3.61. The van der Waals surface area contributed by atoms with Crippen LogP contribution in [0.3, 0.4) is 0 Å². The molecule has 120 valence electrons. The van der Waals surface area contributed by atoms with Crippen LogP contribution in [0.5, 0.6) is 11.5 Å². The first-order chi connectivity index (χ1) is 10.7. The largest absolute Gasteiger partial charge is 0.490 e. The number of hydrogen-bond acceptors (Lipinski definition) is 4. The van der Waals surface area contributed by atoms with Gasteiger partial charge in [0.1, 0.15) is 0 Å². The molecule has 1 fully saturated rings. The van der Waals surface area contributed by atoms with Crippen LogP contribution in [-0.4, -0.2) is 48.7 Å². The lowest BCUT2D eigenvalue weighted by molar-refractivity contribution is 0.199. The van der Waals surface area contributed by atoms with Gasteiger partial charge in [-0.25, -0.2) is 4.79 Å². The predicted molar refractivity (Wildman–Crippen MR) is 87.9 cm³/mol. The van der Waals surface area contributed by atoms with Crippen LogP contribution in [0.15, 0.2) is 18.2 Å². The summed E-state index contributed by atoms with van der Waals surface area (Å²) >= 11 is 1.90. The Morgan fingerprint density at radius 3 is 2.73 bits per heavy atom. The maximum Gasteiger partial charge on any atom is 0.317 e. The summed E-state index contributed by atoms with van der Waals surface area (Å²) in [5.74, 6) is 3.59. The second-order valence-electron chi connectivity index (χ2n) is 5.53. The van der Waals surface area contributed by atoms with Gasteiger partial charge in [-0.05, 0) is 24.6 Å². The molecule has 0 aromatic heterocycles. The van der Waals surface area contributed by atoms with E-state index in [1.807, 2.05) is 41.8 Å². The molecular weight excluding hydrogens is 300 g/mol. The number of urea groups is 1. The number of nitrogens with zero attached hydrogens (tertiary/aromatic N) is 1. The zero-order valence-corrected chi connectivity index (χ0v) is 13.7. The van der Waals surface area contributed by atoms with Gasteiger partial charge in [0.25, 0.3) is 0 Å². The minimum absolute atomic E-state index is 0.0138. The molecule has 0 aliphatic carbocycles. The summed E-state index contributed by atoms with van der Waals surface area (Å²) < 4.78 is 11.3. The van der Waals surface area contributed by atoms with E-state index in [-0.39, 0.29) is 12.1 Å². The predicted octanol–water partition coefficient (Wildman–Crippen LogP) is 2.67. The van der Waals surface area contributed by atoms with Crippen molar-refractivity contribution in [3.8, 4) is 11.5 Å². The molecule has 2 heterocycles. The van der Waals surface area contributed by atoms with E-state index in [4.69, 9.17) is 9.47 Å². The van der Waals surface area contributed by atoms with Crippen LogP contribution in [0.4, 0.5) is 4.79 Å². The number of benzene rings is 1. The summed E-state index contributed by atoms with van der Waals surface area (Å²) in [6.07, 6.45) is 0.892. The maximum atomic E-state index is 12.3. The Bertz CT molecular complexity index is 532.